The van der Waals surface area contributed by atoms with Gasteiger partial charge >= 0.3 is 0 Å². The Kier molecular flexibility index (Phi) is 4.84. The third-order valence-electron chi connectivity index (χ3n) is 5.75. The van der Waals surface area contributed by atoms with Crippen molar-refractivity contribution in [2.45, 2.75) is 25.6 Å². The zero-order valence-corrected chi connectivity index (χ0v) is 18.4. The first-order valence-corrected chi connectivity index (χ1v) is 11.2. The maximum absolute atomic E-state index is 13.7. The maximum atomic E-state index is 13.7. The van der Waals surface area contributed by atoms with Crippen molar-refractivity contribution in [2.24, 2.45) is 0 Å². The van der Waals surface area contributed by atoms with Gasteiger partial charge in [0.15, 0.2) is 0 Å². The molecule has 0 aliphatic carbocycles. The Labute approximate surface area is 188 Å². The smallest absolute Gasteiger partial charge is 0.275 e. The average molecular weight is 450 g/mol. The van der Waals surface area contributed by atoms with Gasteiger partial charge in [-0.3, -0.25) is 14.5 Å². The highest BCUT2D eigenvalue weighted by Gasteiger charge is 2.48. The molecular weight excluding hydrogens is 430 g/mol. The number of rotatable bonds is 4. The van der Waals surface area contributed by atoms with E-state index in [1.54, 1.807) is 40.5 Å². The van der Waals surface area contributed by atoms with E-state index in [2.05, 4.69) is 5.32 Å². The molecule has 0 saturated carbocycles. The summed E-state index contributed by atoms with van der Waals surface area (Å²) < 4.78 is 1.97. The van der Waals surface area contributed by atoms with Crippen LogP contribution in [0.1, 0.15) is 23.0 Å². The van der Waals surface area contributed by atoms with E-state index >= 15 is 0 Å². The molecule has 31 heavy (non-hydrogen) atoms. The summed E-state index contributed by atoms with van der Waals surface area (Å²) in [4.78, 5) is 29.8. The number of fused-ring (bicyclic) bond motifs is 3. The van der Waals surface area contributed by atoms with Crippen LogP contribution in [0.4, 0.5) is 5.69 Å². The van der Waals surface area contributed by atoms with Crippen molar-refractivity contribution in [2.75, 3.05) is 4.90 Å². The number of benzene rings is 2. The zero-order chi connectivity index (χ0) is 21.6. The summed E-state index contributed by atoms with van der Waals surface area (Å²) in [6, 6.07) is 20.7. The molecule has 1 N–H and O–H groups in total. The molecule has 3 heterocycles. The van der Waals surface area contributed by atoms with Crippen molar-refractivity contribution in [1.82, 2.24) is 9.88 Å². The number of anilines is 1. The van der Waals surface area contributed by atoms with Gasteiger partial charge in [0.1, 0.15) is 16.1 Å². The molecule has 4 aromatic rings. The highest BCUT2D eigenvalue weighted by molar-refractivity contribution is 7.16. The van der Waals surface area contributed by atoms with Crippen molar-refractivity contribution in [3.8, 4) is 0 Å². The summed E-state index contributed by atoms with van der Waals surface area (Å²) in [7, 11) is 0. The van der Waals surface area contributed by atoms with Crippen molar-refractivity contribution in [1.29, 1.82) is 0 Å². The van der Waals surface area contributed by atoms with Gasteiger partial charge in [-0.25, -0.2) is 0 Å². The van der Waals surface area contributed by atoms with Gasteiger partial charge in [-0.05, 0) is 54.3 Å². The molecule has 2 amide bonds. The Hall–Kier alpha value is -3.09. The number of thiophene rings is 1. The largest absolute Gasteiger partial charge is 0.350 e. The van der Waals surface area contributed by atoms with E-state index in [0.29, 0.717) is 29.5 Å². The van der Waals surface area contributed by atoms with Crippen LogP contribution in [-0.4, -0.2) is 21.9 Å². The van der Waals surface area contributed by atoms with Gasteiger partial charge in [-0.15, -0.1) is 11.3 Å². The molecular formula is C24H20ClN3O2S. The van der Waals surface area contributed by atoms with Crippen LogP contribution in [0.5, 0.6) is 0 Å². The molecule has 0 saturated heterocycles. The molecule has 5 rings (SSSR count). The van der Waals surface area contributed by atoms with E-state index in [1.807, 2.05) is 59.3 Å². The monoisotopic (exact) mass is 449 g/mol. The second kappa shape index (κ2) is 7.55. The van der Waals surface area contributed by atoms with Crippen LogP contribution >= 0.6 is 22.9 Å². The highest BCUT2D eigenvalue weighted by atomic mass is 35.5. The molecule has 1 atom stereocenters. The number of carbonyl (C=O) groups excluding carboxylic acids is 2. The van der Waals surface area contributed by atoms with Gasteiger partial charge in [-0.2, -0.15) is 0 Å². The Morgan fingerprint density at radius 2 is 1.87 bits per heavy atom. The first-order chi connectivity index (χ1) is 15.0. The number of hydrogen-bond acceptors (Lipinski definition) is 3. The molecule has 2 aromatic heterocycles. The Morgan fingerprint density at radius 1 is 1.13 bits per heavy atom. The third-order valence-corrected chi connectivity index (χ3v) is 6.96. The lowest BCUT2D eigenvalue weighted by Gasteiger charge is -2.44. The number of nitrogens with one attached hydrogen (secondary N) is 1. The van der Waals surface area contributed by atoms with Gasteiger partial charge in [-0.1, -0.05) is 41.9 Å². The molecule has 1 aliphatic rings. The Balaban J connectivity index is 1.57. The topological polar surface area (TPSA) is 54.3 Å². The fraction of sp³-hybridized carbons (Fsp3) is 0.167. The number of amides is 2. The fourth-order valence-corrected chi connectivity index (χ4v) is 5.18. The van der Waals surface area contributed by atoms with E-state index < -0.39 is 5.54 Å². The summed E-state index contributed by atoms with van der Waals surface area (Å²) in [6.07, 6.45) is 0. The Morgan fingerprint density at radius 3 is 2.61 bits per heavy atom. The average Bonchev–Trinajstić information content (AvgIpc) is 3.36. The number of halogens is 1. The minimum absolute atomic E-state index is 0.200. The standard InChI is InChI=1S/C24H20ClN3O2S/c1-24(23(30)26-14-16-5-3-2-4-6-16)15-27-20(13-17-11-12-31-22(17)27)21(29)28(24)19-9-7-18(25)8-10-19/h2-13H,14-15H2,1H3,(H,26,30)/t24-/m1/s1. The second-order valence-corrected chi connectivity index (χ2v) is 9.19. The van der Waals surface area contributed by atoms with Crippen molar-refractivity contribution in [3.63, 3.8) is 0 Å². The van der Waals surface area contributed by atoms with Crippen LogP contribution < -0.4 is 10.2 Å². The molecule has 0 radical (unpaired) electrons. The zero-order valence-electron chi connectivity index (χ0n) is 16.8. The SMILES string of the molecule is C[C@]1(C(=O)NCc2ccccc2)Cn2c(cc3ccsc32)C(=O)N1c1ccc(Cl)cc1. The van der Waals surface area contributed by atoms with Gasteiger partial charge < -0.3 is 9.88 Å². The first kappa shape index (κ1) is 19.8. The van der Waals surface area contributed by atoms with E-state index in [9.17, 15) is 9.59 Å². The van der Waals surface area contributed by atoms with Crippen LogP contribution in [0, 0.1) is 0 Å². The van der Waals surface area contributed by atoms with Gasteiger partial charge in [0.05, 0.1) is 6.54 Å². The molecule has 2 aromatic carbocycles. The summed E-state index contributed by atoms with van der Waals surface area (Å²) in [5.41, 5.74) is 1.12. The fourth-order valence-electron chi connectivity index (χ4n) is 4.16. The summed E-state index contributed by atoms with van der Waals surface area (Å²) in [5.74, 6) is -0.405. The van der Waals surface area contributed by atoms with Gasteiger partial charge in [0, 0.05) is 22.6 Å². The van der Waals surface area contributed by atoms with E-state index in [4.69, 9.17) is 11.6 Å². The molecule has 0 fully saturated rings. The minimum Gasteiger partial charge on any atom is -0.350 e. The molecule has 0 spiro atoms. The normalized spacial score (nSPS) is 18.3. The van der Waals surface area contributed by atoms with Crippen LogP contribution in [0.3, 0.4) is 0 Å². The molecule has 1 aliphatic heterocycles. The lowest BCUT2D eigenvalue weighted by Crippen LogP contribution is -2.64. The summed E-state index contributed by atoms with van der Waals surface area (Å²) in [5, 5.41) is 6.63. The second-order valence-electron chi connectivity index (χ2n) is 7.86. The first-order valence-electron chi connectivity index (χ1n) is 9.96. The van der Waals surface area contributed by atoms with Gasteiger partial charge in [0.25, 0.3) is 5.91 Å². The number of aromatic nitrogens is 1. The molecule has 156 valence electrons. The van der Waals surface area contributed by atoms with Crippen LogP contribution in [0.25, 0.3) is 10.2 Å². The van der Waals surface area contributed by atoms with Crippen molar-refractivity contribution in [3.05, 3.63) is 88.4 Å². The molecule has 5 nitrogen and oxygen atoms in total. The van der Waals surface area contributed by atoms with Gasteiger partial charge in [0.2, 0.25) is 5.91 Å². The quantitative estimate of drug-likeness (QED) is 0.471. The number of nitrogens with zero attached hydrogens (tertiary/aromatic N) is 2. The predicted octanol–water partition coefficient (Wildman–Crippen LogP) is 5.09. The van der Waals surface area contributed by atoms with Crippen LogP contribution in [0.2, 0.25) is 5.02 Å². The predicted molar refractivity (Wildman–Crippen MR) is 125 cm³/mol. The Bertz CT molecular complexity index is 1280. The number of hydrogen-bond donors (Lipinski definition) is 1. The summed E-state index contributed by atoms with van der Waals surface area (Å²) >= 11 is 7.65. The summed E-state index contributed by atoms with van der Waals surface area (Å²) in [6.45, 7) is 2.58. The minimum atomic E-state index is -1.11. The number of carbonyl (C=O) groups is 2. The van der Waals surface area contributed by atoms with Crippen molar-refractivity contribution < 1.29 is 9.59 Å². The lowest BCUT2D eigenvalue weighted by molar-refractivity contribution is -0.126. The molecule has 0 bridgehead atoms. The van der Waals surface area contributed by atoms with E-state index in [1.165, 1.54) is 0 Å². The van der Waals surface area contributed by atoms with Crippen molar-refractivity contribution >= 4 is 50.7 Å². The van der Waals surface area contributed by atoms with Crippen LogP contribution in [-0.2, 0) is 17.9 Å². The maximum Gasteiger partial charge on any atom is 0.275 e. The molecule has 7 heteroatoms. The molecule has 0 unspecified atom stereocenters. The van der Waals surface area contributed by atoms with E-state index in [0.717, 1.165) is 15.8 Å². The third kappa shape index (κ3) is 3.32. The lowest BCUT2D eigenvalue weighted by atomic mass is 9.93. The van der Waals surface area contributed by atoms with E-state index in [-0.39, 0.29) is 11.8 Å². The van der Waals surface area contributed by atoms with Crippen LogP contribution in [0.15, 0.2) is 72.1 Å². The highest BCUT2D eigenvalue weighted by Crippen LogP contribution is 2.37.